The van der Waals surface area contributed by atoms with Crippen LogP contribution in [0.3, 0.4) is 0 Å². The van der Waals surface area contributed by atoms with Gasteiger partial charge in [-0.25, -0.2) is 4.39 Å². The van der Waals surface area contributed by atoms with Crippen LogP contribution in [0.5, 0.6) is 0 Å². The van der Waals surface area contributed by atoms with Crippen LogP contribution in [0.15, 0.2) is 60.2 Å². The van der Waals surface area contributed by atoms with Gasteiger partial charge < -0.3 is 9.88 Å². The van der Waals surface area contributed by atoms with E-state index in [1.165, 1.54) is 24.3 Å². The fourth-order valence-electron chi connectivity index (χ4n) is 3.00. The average Bonchev–Trinajstić information content (AvgIpc) is 2.94. The average molecular weight is 394 g/mol. The molecular formula is C22H17ClFN3O. The quantitative estimate of drug-likeness (QED) is 0.474. The highest BCUT2D eigenvalue weighted by molar-refractivity contribution is 6.30. The molecule has 0 fully saturated rings. The van der Waals surface area contributed by atoms with Crippen molar-refractivity contribution in [3.05, 3.63) is 88.0 Å². The van der Waals surface area contributed by atoms with Gasteiger partial charge in [-0.15, -0.1) is 0 Å². The molecule has 4 nitrogen and oxygen atoms in total. The summed E-state index contributed by atoms with van der Waals surface area (Å²) in [7, 11) is 0. The van der Waals surface area contributed by atoms with Crippen molar-refractivity contribution in [2.75, 3.05) is 5.32 Å². The first kappa shape index (κ1) is 19.4. The first-order valence-electron chi connectivity index (χ1n) is 8.53. The molecule has 0 atom stereocenters. The third-order valence-electron chi connectivity index (χ3n) is 4.32. The van der Waals surface area contributed by atoms with Gasteiger partial charge in [0.2, 0.25) is 0 Å². The first-order valence-corrected chi connectivity index (χ1v) is 8.91. The van der Waals surface area contributed by atoms with Crippen molar-refractivity contribution in [1.82, 2.24) is 4.57 Å². The van der Waals surface area contributed by atoms with E-state index >= 15 is 0 Å². The third-order valence-corrected chi connectivity index (χ3v) is 4.56. The topological polar surface area (TPSA) is 57.8 Å². The molecule has 2 aromatic carbocycles. The molecule has 1 heterocycles. The second kappa shape index (κ2) is 8.12. The third kappa shape index (κ3) is 3.98. The Labute approximate surface area is 167 Å². The normalized spacial score (nSPS) is 11.2. The molecule has 0 spiro atoms. The lowest BCUT2D eigenvalue weighted by atomic mass is 10.1. The number of carbonyl (C=O) groups is 1. The van der Waals surface area contributed by atoms with E-state index in [0.717, 1.165) is 22.6 Å². The molecule has 3 rings (SSSR count). The molecule has 0 saturated heterocycles. The second-order valence-corrected chi connectivity index (χ2v) is 6.68. The van der Waals surface area contributed by atoms with Crippen molar-refractivity contribution in [2.24, 2.45) is 0 Å². The maximum Gasteiger partial charge on any atom is 0.266 e. The Bertz CT molecular complexity index is 1130. The van der Waals surface area contributed by atoms with E-state index in [2.05, 4.69) is 5.32 Å². The molecule has 0 bridgehead atoms. The maximum absolute atomic E-state index is 13.8. The molecular weight excluding hydrogens is 377 g/mol. The number of carbonyl (C=O) groups excluding carboxylic acids is 1. The van der Waals surface area contributed by atoms with Crippen molar-refractivity contribution in [3.8, 4) is 11.8 Å². The van der Waals surface area contributed by atoms with Crippen molar-refractivity contribution in [2.45, 2.75) is 13.8 Å². The Morgan fingerprint density at radius 1 is 1.18 bits per heavy atom. The summed E-state index contributed by atoms with van der Waals surface area (Å²) >= 11 is 6.09. The molecule has 3 aromatic rings. The number of aromatic nitrogens is 1. The smallest absolute Gasteiger partial charge is 0.266 e. The van der Waals surface area contributed by atoms with Crippen LogP contribution in [0, 0.1) is 31.0 Å². The van der Waals surface area contributed by atoms with E-state index in [0.29, 0.717) is 5.02 Å². The van der Waals surface area contributed by atoms with Crippen molar-refractivity contribution >= 4 is 29.3 Å². The zero-order valence-electron chi connectivity index (χ0n) is 15.3. The molecule has 0 aliphatic carbocycles. The molecule has 0 aliphatic heterocycles. The predicted molar refractivity (Wildman–Crippen MR) is 109 cm³/mol. The SMILES string of the molecule is Cc1cc(/C=C(\C#N)C(=O)Nc2ccccc2F)c(C)n1-c1cccc(Cl)c1. The van der Waals surface area contributed by atoms with E-state index in [1.54, 1.807) is 12.1 Å². The fraction of sp³-hybridized carbons (Fsp3) is 0.0909. The summed E-state index contributed by atoms with van der Waals surface area (Å²) in [6.07, 6.45) is 1.50. The van der Waals surface area contributed by atoms with Gasteiger partial charge in [-0.3, -0.25) is 4.79 Å². The van der Waals surface area contributed by atoms with Gasteiger partial charge >= 0.3 is 0 Å². The minimum Gasteiger partial charge on any atom is -0.319 e. The standard InChI is InChI=1S/C22H17ClFN3O/c1-14-10-16(15(2)27(14)19-7-5-6-18(23)12-19)11-17(13-25)22(28)26-21-9-4-3-8-20(21)24/h3-12H,1-2H3,(H,26,28)/b17-11+. The van der Waals surface area contributed by atoms with Crippen molar-refractivity contribution in [3.63, 3.8) is 0 Å². The maximum atomic E-state index is 13.8. The van der Waals surface area contributed by atoms with Gasteiger partial charge in [-0.2, -0.15) is 5.26 Å². The number of amides is 1. The Balaban J connectivity index is 1.95. The predicted octanol–water partition coefficient (Wildman–Crippen LogP) is 5.43. The van der Waals surface area contributed by atoms with Crippen LogP contribution in [0.1, 0.15) is 17.0 Å². The number of benzene rings is 2. The molecule has 0 unspecified atom stereocenters. The van der Waals surface area contributed by atoms with Crippen LogP contribution in [0.2, 0.25) is 5.02 Å². The van der Waals surface area contributed by atoms with E-state index < -0.39 is 11.7 Å². The summed E-state index contributed by atoms with van der Waals surface area (Å²) in [5.41, 5.74) is 3.30. The van der Waals surface area contributed by atoms with Crippen LogP contribution in [-0.2, 0) is 4.79 Å². The van der Waals surface area contributed by atoms with Gasteiger partial charge in [0.15, 0.2) is 0 Å². The van der Waals surface area contributed by atoms with E-state index in [4.69, 9.17) is 11.6 Å². The number of halogens is 2. The van der Waals surface area contributed by atoms with Gasteiger partial charge in [0.05, 0.1) is 5.69 Å². The summed E-state index contributed by atoms with van der Waals surface area (Å²) in [6.45, 7) is 3.82. The fourth-order valence-corrected chi connectivity index (χ4v) is 3.19. The van der Waals surface area contributed by atoms with Gasteiger partial charge in [0.1, 0.15) is 17.5 Å². The van der Waals surface area contributed by atoms with Crippen molar-refractivity contribution in [1.29, 1.82) is 5.26 Å². The van der Waals surface area contributed by atoms with Crippen LogP contribution in [0.4, 0.5) is 10.1 Å². The number of para-hydroxylation sites is 1. The Kier molecular flexibility index (Phi) is 5.62. The van der Waals surface area contributed by atoms with E-state index in [-0.39, 0.29) is 11.3 Å². The Morgan fingerprint density at radius 3 is 2.61 bits per heavy atom. The monoisotopic (exact) mass is 393 g/mol. The van der Waals surface area contributed by atoms with Gasteiger partial charge in [-0.05, 0) is 61.9 Å². The highest BCUT2D eigenvalue weighted by Crippen LogP contribution is 2.25. The van der Waals surface area contributed by atoms with Gasteiger partial charge in [-0.1, -0.05) is 29.8 Å². The number of hydrogen-bond donors (Lipinski definition) is 1. The molecule has 1 amide bonds. The van der Waals surface area contributed by atoms with Gasteiger partial charge in [0.25, 0.3) is 5.91 Å². The van der Waals surface area contributed by atoms with Crippen molar-refractivity contribution < 1.29 is 9.18 Å². The molecule has 1 aromatic heterocycles. The number of rotatable bonds is 4. The van der Waals surface area contributed by atoms with Crippen LogP contribution < -0.4 is 5.32 Å². The number of nitrogens with one attached hydrogen (secondary N) is 1. The molecule has 6 heteroatoms. The number of nitrogens with zero attached hydrogens (tertiary/aromatic N) is 2. The molecule has 0 radical (unpaired) electrons. The zero-order chi connectivity index (χ0) is 20.3. The zero-order valence-corrected chi connectivity index (χ0v) is 16.1. The summed E-state index contributed by atoms with van der Waals surface area (Å²) < 4.78 is 15.7. The second-order valence-electron chi connectivity index (χ2n) is 6.25. The summed E-state index contributed by atoms with van der Waals surface area (Å²) in [5.74, 6) is -1.23. The van der Waals surface area contributed by atoms with Gasteiger partial charge in [0, 0.05) is 22.1 Å². The summed E-state index contributed by atoms with van der Waals surface area (Å²) in [6, 6.07) is 17.0. The molecule has 28 heavy (non-hydrogen) atoms. The lowest BCUT2D eigenvalue weighted by molar-refractivity contribution is -0.112. The minimum absolute atomic E-state index is 0.0260. The molecule has 1 N–H and O–H groups in total. The van der Waals surface area contributed by atoms with Crippen LogP contribution in [-0.4, -0.2) is 10.5 Å². The summed E-state index contributed by atoms with van der Waals surface area (Å²) in [5, 5.41) is 12.5. The highest BCUT2D eigenvalue weighted by Gasteiger charge is 2.15. The van der Waals surface area contributed by atoms with E-state index in [1.807, 2.05) is 48.7 Å². The molecule has 0 saturated carbocycles. The Hall–Kier alpha value is -3.36. The lowest BCUT2D eigenvalue weighted by Gasteiger charge is -2.10. The number of anilines is 1. The van der Waals surface area contributed by atoms with Crippen LogP contribution in [0.25, 0.3) is 11.8 Å². The molecule has 0 aliphatic rings. The number of aryl methyl sites for hydroxylation is 1. The Morgan fingerprint density at radius 2 is 1.93 bits per heavy atom. The number of hydrogen-bond acceptors (Lipinski definition) is 2. The molecule has 140 valence electrons. The first-order chi connectivity index (χ1) is 13.4. The minimum atomic E-state index is -0.667. The highest BCUT2D eigenvalue weighted by atomic mass is 35.5. The summed E-state index contributed by atoms with van der Waals surface area (Å²) in [4.78, 5) is 12.4. The van der Waals surface area contributed by atoms with E-state index in [9.17, 15) is 14.4 Å². The van der Waals surface area contributed by atoms with Crippen LogP contribution >= 0.6 is 11.6 Å². The largest absolute Gasteiger partial charge is 0.319 e. The number of nitriles is 1. The lowest BCUT2D eigenvalue weighted by Crippen LogP contribution is -2.14.